The minimum Gasteiger partial charge on any atom is -0.374 e. The Balaban J connectivity index is 2.39. The second kappa shape index (κ2) is 9.09. The van der Waals surface area contributed by atoms with Gasteiger partial charge in [-0.15, -0.1) is 0 Å². The Labute approximate surface area is 121 Å². The van der Waals surface area contributed by atoms with Gasteiger partial charge in [0.05, 0.1) is 12.3 Å². The van der Waals surface area contributed by atoms with Gasteiger partial charge in [0.25, 0.3) is 0 Å². The summed E-state index contributed by atoms with van der Waals surface area (Å²) in [6.45, 7) is 9.20. The van der Waals surface area contributed by atoms with Crippen molar-refractivity contribution in [1.29, 1.82) is 0 Å². The first-order chi connectivity index (χ1) is 9.15. The number of carbonyl (C=O) groups excluding carboxylic acids is 1. The van der Waals surface area contributed by atoms with Crippen LogP contribution in [-0.2, 0) is 18.1 Å². The normalized spacial score (nSPS) is 17.3. The molecular weight excluding hydrogens is 282 g/mol. The summed E-state index contributed by atoms with van der Waals surface area (Å²) in [6.07, 6.45) is 0.937. The fraction of sp³-hybridized carbons (Fsp3) is 0.917. The highest BCUT2D eigenvalue weighted by Crippen LogP contribution is 2.22. The molecule has 0 radical (unpaired) electrons. The van der Waals surface area contributed by atoms with E-state index >= 15 is 0 Å². The molecule has 0 atom stereocenters. The predicted molar refractivity (Wildman–Crippen MR) is 79.1 cm³/mol. The minimum absolute atomic E-state index is 0.313. The Morgan fingerprint density at radius 1 is 1.16 bits per heavy atom. The number of hydrogen-bond acceptors (Lipinski definition) is 6. The summed E-state index contributed by atoms with van der Waals surface area (Å²) in [5, 5.41) is 0. The molecule has 1 heterocycles. The first-order valence-corrected chi connectivity index (χ1v) is 9.84. The van der Waals surface area contributed by atoms with Gasteiger partial charge in [-0.25, -0.2) is 4.31 Å². The summed E-state index contributed by atoms with van der Waals surface area (Å²) >= 11 is 1.62. The zero-order valence-electron chi connectivity index (χ0n) is 12.1. The van der Waals surface area contributed by atoms with E-state index in [2.05, 4.69) is 4.31 Å². The smallest absolute Gasteiger partial charge is 0.374 e. The topological polar surface area (TPSA) is 48.0 Å². The Kier molecular flexibility index (Phi) is 8.20. The molecule has 0 unspecified atom stereocenters. The largest absolute Gasteiger partial charge is 0.500 e. The Morgan fingerprint density at radius 3 is 2.16 bits per heavy atom. The predicted octanol–water partition coefficient (Wildman–Crippen LogP) is 1.96. The quantitative estimate of drug-likeness (QED) is 0.454. The highest BCUT2D eigenvalue weighted by molar-refractivity contribution is 7.98. The minimum atomic E-state index is -2.51. The lowest BCUT2D eigenvalue weighted by atomic mass is 10.4. The van der Waals surface area contributed by atoms with Gasteiger partial charge in [0.2, 0.25) is 0 Å². The zero-order valence-corrected chi connectivity index (χ0v) is 14.0. The maximum Gasteiger partial charge on any atom is 0.500 e. The van der Waals surface area contributed by atoms with Crippen LogP contribution in [0.1, 0.15) is 27.2 Å². The maximum atomic E-state index is 11.2. The summed E-state index contributed by atoms with van der Waals surface area (Å²) in [7, 11) is -2.51. The Bertz CT molecular complexity index is 263. The maximum absolute atomic E-state index is 11.2. The van der Waals surface area contributed by atoms with Crippen LogP contribution in [0, 0.1) is 0 Å². The second-order valence-corrected chi connectivity index (χ2v) is 8.06. The van der Waals surface area contributed by atoms with Crippen LogP contribution < -0.4 is 0 Å². The van der Waals surface area contributed by atoms with Crippen LogP contribution in [-0.4, -0.2) is 57.6 Å². The molecule has 1 aliphatic rings. The van der Waals surface area contributed by atoms with Gasteiger partial charge in [-0.3, -0.25) is 4.79 Å². The van der Waals surface area contributed by atoms with E-state index in [0.717, 1.165) is 19.0 Å². The highest BCUT2D eigenvalue weighted by atomic mass is 32.2. The van der Waals surface area contributed by atoms with Gasteiger partial charge in [0.1, 0.15) is 0 Å². The van der Waals surface area contributed by atoms with E-state index < -0.39 is 8.80 Å². The van der Waals surface area contributed by atoms with E-state index in [9.17, 15) is 4.79 Å². The zero-order chi connectivity index (χ0) is 14.1. The molecule has 0 aromatic carbocycles. The molecule has 0 bridgehead atoms. The van der Waals surface area contributed by atoms with E-state index in [1.54, 1.807) is 11.9 Å². The van der Waals surface area contributed by atoms with Crippen LogP contribution >= 0.6 is 11.9 Å². The summed E-state index contributed by atoms with van der Waals surface area (Å²) in [4.78, 5) is 11.2. The van der Waals surface area contributed by atoms with E-state index in [0.29, 0.717) is 37.9 Å². The lowest BCUT2D eigenvalue weighted by Gasteiger charge is -2.28. The van der Waals surface area contributed by atoms with Gasteiger partial charge in [-0.2, -0.15) is 0 Å². The fourth-order valence-electron chi connectivity index (χ4n) is 2.07. The number of Topliss-reactive ketones (excluding diaryl/α,β-unsaturated/α-hetero) is 1. The molecule has 0 N–H and O–H groups in total. The van der Waals surface area contributed by atoms with E-state index in [-0.39, 0.29) is 0 Å². The van der Waals surface area contributed by atoms with E-state index in [1.165, 1.54) is 0 Å². The third-order valence-corrected chi connectivity index (χ3v) is 7.02. The summed E-state index contributed by atoms with van der Waals surface area (Å²) in [6, 6.07) is 0.813. The van der Waals surface area contributed by atoms with E-state index in [4.69, 9.17) is 13.3 Å². The average Bonchev–Trinajstić information content (AvgIpc) is 2.76. The third-order valence-electron chi connectivity index (χ3n) is 2.74. The average molecular weight is 307 g/mol. The fourth-order valence-corrected chi connectivity index (χ4v) is 5.57. The number of carbonyl (C=O) groups is 1. The number of nitrogens with zero attached hydrogens (tertiary/aromatic N) is 1. The van der Waals surface area contributed by atoms with E-state index in [1.807, 2.05) is 20.8 Å². The monoisotopic (exact) mass is 307 g/mol. The molecule has 0 spiro atoms. The lowest BCUT2D eigenvalue weighted by Crippen LogP contribution is -2.46. The van der Waals surface area contributed by atoms with Crippen LogP contribution in [0.4, 0.5) is 0 Å². The molecule has 112 valence electrons. The molecule has 0 aromatic heterocycles. The third kappa shape index (κ3) is 5.93. The summed E-state index contributed by atoms with van der Waals surface area (Å²) < 4.78 is 19.5. The number of rotatable bonds is 10. The molecule has 0 aromatic rings. The SMILES string of the molecule is CCO[Si](CCCN1CC(=O)CS1)(OCC)OCC. The summed E-state index contributed by atoms with van der Waals surface area (Å²) in [5.74, 6) is 0.929. The van der Waals surface area contributed by atoms with Crippen LogP contribution in [0.3, 0.4) is 0 Å². The molecule has 0 aliphatic carbocycles. The van der Waals surface area contributed by atoms with Gasteiger partial charge in [-0.05, 0) is 27.2 Å². The molecule has 0 amide bonds. The summed E-state index contributed by atoms with van der Waals surface area (Å²) in [5.41, 5.74) is 0. The van der Waals surface area contributed by atoms with Crippen molar-refractivity contribution in [3.8, 4) is 0 Å². The van der Waals surface area contributed by atoms with Crippen molar-refractivity contribution >= 4 is 26.5 Å². The van der Waals surface area contributed by atoms with Gasteiger partial charge >= 0.3 is 8.80 Å². The Morgan fingerprint density at radius 2 is 1.74 bits per heavy atom. The van der Waals surface area contributed by atoms with Crippen molar-refractivity contribution in [3.05, 3.63) is 0 Å². The van der Waals surface area contributed by atoms with Crippen molar-refractivity contribution in [1.82, 2.24) is 4.31 Å². The molecule has 5 nitrogen and oxygen atoms in total. The van der Waals surface area contributed by atoms with Gasteiger partial charge in [-0.1, -0.05) is 11.9 Å². The van der Waals surface area contributed by atoms with Crippen LogP contribution in [0.2, 0.25) is 6.04 Å². The highest BCUT2D eigenvalue weighted by Gasteiger charge is 2.39. The standard InChI is InChI=1S/C12H25NO4SSi/c1-4-15-19(16-5-2,17-6-3)9-7-8-13-10-12(14)11-18-13/h4-11H2,1-3H3. The van der Waals surface area contributed by atoms with Crippen LogP contribution in [0.25, 0.3) is 0 Å². The number of hydrogen-bond donors (Lipinski definition) is 0. The molecule has 1 fully saturated rings. The molecule has 1 rings (SSSR count). The Hall–Kier alpha value is 0.0769. The molecule has 7 heteroatoms. The lowest BCUT2D eigenvalue weighted by molar-refractivity contribution is -0.115. The molecule has 0 saturated carbocycles. The molecule has 19 heavy (non-hydrogen) atoms. The molecular formula is C12H25NO4SSi. The van der Waals surface area contributed by atoms with Gasteiger partial charge < -0.3 is 13.3 Å². The van der Waals surface area contributed by atoms with Crippen molar-refractivity contribution in [2.45, 2.75) is 33.2 Å². The first-order valence-electron chi connectivity index (χ1n) is 6.97. The van der Waals surface area contributed by atoms with Gasteiger partial charge in [0.15, 0.2) is 5.78 Å². The molecule has 1 saturated heterocycles. The van der Waals surface area contributed by atoms with Crippen LogP contribution in [0.5, 0.6) is 0 Å². The molecule has 1 aliphatic heterocycles. The van der Waals surface area contributed by atoms with Crippen LogP contribution in [0.15, 0.2) is 0 Å². The second-order valence-electron chi connectivity index (χ2n) is 4.26. The van der Waals surface area contributed by atoms with Crippen molar-refractivity contribution < 1.29 is 18.1 Å². The van der Waals surface area contributed by atoms with Crippen molar-refractivity contribution in [3.63, 3.8) is 0 Å². The van der Waals surface area contributed by atoms with Gasteiger partial charge in [0, 0.05) is 32.4 Å². The number of ketones is 1. The van der Waals surface area contributed by atoms with Crippen molar-refractivity contribution in [2.24, 2.45) is 0 Å². The first kappa shape index (κ1) is 17.1. The van der Waals surface area contributed by atoms with Crippen molar-refractivity contribution in [2.75, 3.05) is 38.7 Å².